The van der Waals surface area contributed by atoms with E-state index in [2.05, 4.69) is 0 Å². The van der Waals surface area contributed by atoms with Gasteiger partial charge in [0.15, 0.2) is 24.1 Å². The lowest BCUT2D eigenvalue weighted by Crippen LogP contribution is -2.27. The summed E-state index contributed by atoms with van der Waals surface area (Å²) in [7, 11) is 4.67. The summed E-state index contributed by atoms with van der Waals surface area (Å²) < 4.78 is 15.3. The number of phenolic OH excluding ortho intramolecular Hbond substituents is 1. The number of phenols is 1. The van der Waals surface area contributed by atoms with E-state index in [4.69, 9.17) is 14.2 Å². The molecule has 1 aromatic carbocycles. The average Bonchev–Trinajstić information content (AvgIpc) is 2.57. The minimum atomic E-state index is -1.57. The molecule has 0 amide bonds. The molecule has 9 nitrogen and oxygen atoms in total. The lowest BCUT2D eigenvalue weighted by atomic mass is 9.96. The number of nitrogens with zero attached hydrogens (tertiary/aromatic N) is 1. The van der Waals surface area contributed by atoms with Crippen molar-refractivity contribution in [2.24, 2.45) is 5.41 Å². The number of aromatic hydroxyl groups is 1. The fraction of sp³-hybridized carbons (Fsp3) is 0.421. The molecule has 0 atom stereocenters. The van der Waals surface area contributed by atoms with Crippen molar-refractivity contribution in [2.45, 2.75) is 20.8 Å². The van der Waals surface area contributed by atoms with Crippen molar-refractivity contribution in [1.29, 1.82) is 0 Å². The molecule has 0 spiro atoms. The Bertz CT molecular complexity index is 790. The van der Waals surface area contributed by atoms with Crippen LogP contribution >= 0.6 is 0 Å². The Balaban J connectivity index is 3.70. The highest BCUT2D eigenvalue weighted by Gasteiger charge is 2.32. The number of rotatable bonds is 8. The summed E-state index contributed by atoms with van der Waals surface area (Å²) >= 11 is 0. The summed E-state index contributed by atoms with van der Waals surface area (Å²) in [6, 6.07) is 1.01. The van der Waals surface area contributed by atoms with Crippen LogP contribution in [0.25, 0.3) is 0 Å². The molecule has 154 valence electrons. The predicted molar refractivity (Wildman–Crippen MR) is 99.8 cm³/mol. The molecule has 0 saturated heterocycles. The molecule has 0 unspecified atom stereocenters. The Kier molecular flexibility index (Phi) is 7.57. The number of ether oxygens (including phenoxy) is 3. The molecule has 9 heteroatoms. The maximum absolute atomic E-state index is 12.5. The third-order valence-electron chi connectivity index (χ3n) is 3.35. The summed E-state index contributed by atoms with van der Waals surface area (Å²) in [5.41, 5.74) is -2.16. The number of esters is 1. The van der Waals surface area contributed by atoms with E-state index in [9.17, 15) is 24.6 Å². The molecular formula is C19H25NO8. The van der Waals surface area contributed by atoms with Gasteiger partial charge < -0.3 is 29.3 Å². The lowest BCUT2D eigenvalue weighted by Gasteiger charge is -2.21. The molecule has 0 aliphatic carbocycles. The SMILES string of the molecule is COCOc1cc(O)c(C(=O)C=CN(C)C)c(C(=O)O)c1OC(=O)C(C)(C)C. The Hall–Kier alpha value is -3.07. The first kappa shape index (κ1) is 23.0. The van der Waals surface area contributed by atoms with Crippen LogP contribution in [0.5, 0.6) is 17.2 Å². The van der Waals surface area contributed by atoms with Crippen LogP contribution in [0.1, 0.15) is 41.5 Å². The topological polar surface area (TPSA) is 123 Å². The van der Waals surface area contributed by atoms with Crippen LogP contribution in [0.15, 0.2) is 18.3 Å². The van der Waals surface area contributed by atoms with Crippen molar-refractivity contribution in [2.75, 3.05) is 28.0 Å². The van der Waals surface area contributed by atoms with Crippen LogP contribution in [-0.4, -0.2) is 60.8 Å². The molecule has 2 N–H and O–H groups in total. The Morgan fingerprint density at radius 1 is 1.18 bits per heavy atom. The van der Waals surface area contributed by atoms with Gasteiger partial charge in [0.05, 0.1) is 11.0 Å². The van der Waals surface area contributed by atoms with E-state index in [0.29, 0.717) is 0 Å². The highest BCUT2D eigenvalue weighted by atomic mass is 16.7. The minimum Gasteiger partial charge on any atom is -0.507 e. The summed E-state index contributed by atoms with van der Waals surface area (Å²) in [5, 5.41) is 20.0. The lowest BCUT2D eigenvalue weighted by molar-refractivity contribution is -0.143. The highest BCUT2D eigenvalue weighted by molar-refractivity contribution is 6.14. The van der Waals surface area contributed by atoms with Gasteiger partial charge in [-0.2, -0.15) is 0 Å². The van der Waals surface area contributed by atoms with Crippen LogP contribution in [0.2, 0.25) is 0 Å². The number of methoxy groups -OCH3 is 1. The number of benzene rings is 1. The van der Waals surface area contributed by atoms with Gasteiger partial charge in [-0.3, -0.25) is 9.59 Å². The second kappa shape index (κ2) is 9.23. The molecule has 1 rings (SSSR count). The molecule has 0 radical (unpaired) electrons. The number of aromatic carboxylic acids is 1. The quantitative estimate of drug-likeness (QED) is 0.224. The van der Waals surface area contributed by atoms with E-state index in [-0.39, 0.29) is 12.5 Å². The number of hydrogen-bond donors (Lipinski definition) is 2. The first-order valence-electron chi connectivity index (χ1n) is 8.26. The Labute approximate surface area is 163 Å². The van der Waals surface area contributed by atoms with E-state index in [1.807, 2.05) is 0 Å². The van der Waals surface area contributed by atoms with Crippen molar-refractivity contribution >= 4 is 17.7 Å². The molecule has 0 heterocycles. The first-order valence-corrected chi connectivity index (χ1v) is 8.26. The fourth-order valence-corrected chi connectivity index (χ4v) is 1.96. The maximum atomic E-state index is 12.5. The molecule has 0 saturated carbocycles. The van der Waals surface area contributed by atoms with Gasteiger partial charge in [-0.15, -0.1) is 0 Å². The van der Waals surface area contributed by atoms with Crippen molar-refractivity contribution < 1.29 is 38.8 Å². The van der Waals surface area contributed by atoms with E-state index in [0.717, 1.165) is 12.1 Å². The molecule has 0 aliphatic heterocycles. The third-order valence-corrected chi connectivity index (χ3v) is 3.35. The van der Waals surface area contributed by atoms with Crippen LogP contribution < -0.4 is 9.47 Å². The standard InChI is InChI=1S/C19H25NO8/c1-19(2,3)18(25)28-16-13(27-10-26-6)9-12(22)14(15(16)17(23)24)11(21)7-8-20(4)5/h7-9,22H,10H2,1-6H3,(H,23,24). The Morgan fingerprint density at radius 2 is 1.79 bits per heavy atom. The van der Waals surface area contributed by atoms with E-state index in [1.54, 1.807) is 39.8 Å². The summed E-state index contributed by atoms with van der Waals surface area (Å²) in [6.07, 6.45) is 2.48. The molecule has 0 aliphatic rings. The van der Waals surface area contributed by atoms with Gasteiger partial charge in [0.1, 0.15) is 11.3 Å². The smallest absolute Gasteiger partial charge is 0.340 e. The molecule has 0 aromatic heterocycles. The van der Waals surface area contributed by atoms with Crippen LogP contribution in [0.4, 0.5) is 0 Å². The average molecular weight is 395 g/mol. The van der Waals surface area contributed by atoms with Crippen LogP contribution in [0.3, 0.4) is 0 Å². The molecule has 1 aromatic rings. The van der Waals surface area contributed by atoms with Gasteiger partial charge in [-0.25, -0.2) is 4.79 Å². The molecule has 28 heavy (non-hydrogen) atoms. The third kappa shape index (κ3) is 5.71. The normalized spacial score (nSPS) is 11.4. The van der Waals surface area contributed by atoms with Gasteiger partial charge in [0.25, 0.3) is 0 Å². The van der Waals surface area contributed by atoms with Gasteiger partial charge in [0, 0.05) is 39.5 Å². The largest absolute Gasteiger partial charge is 0.507 e. The van der Waals surface area contributed by atoms with Crippen molar-refractivity contribution in [3.05, 3.63) is 29.5 Å². The van der Waals surface area contributed by atoms with Crippen molar-refractivity contribution in [1.82, 2.24) is 4.90 Å². The number of hydrogen-bond acceptors (Lipinski definition) is 8. The second-order valence-electron chi connectivity index (χ2n) is 7.11. The van der Waals surface area contributed by atoms with Crippen molar-refractivity contribution in [3.63, 3.8) is 0 Å². The first-order chi connectivity index (χ1) is 12.9. The summed E-state index contributed by atoms with van der Waals surface area (Å²) in [6.45, 7) is 4.44. The maximum Gasteiger partial charge on any atom is 0.340 e. The number of ketones is 1. The number of carboxylic acid groups (broad SMARTS) is 1. The number of carboxylic acids is 1. The van der Waals surface area contributed by atoms with Gasteiger partial charge >= 0.3 is 11.9 Å². The van der Waals surface area contributed by atoms with Crippen LogP contribution in [-0.2, 0) is 9.53 Å². The fourth-order valence-electron chi connectivity index (χ4n) is 1.96. The van der Waals surface area contributed by atoms with Gasteiger partial charge in [-0.1, -0.05) is 0 Å². The highest BCUT2D eigenvalue weighted by Crippen LogP contribution is 2.41. The number of allylic oxidation sites excluding steroid dienone is 1. The predicted octanol–water partition coefficient (Wildman–Crippen LogP) is 2.28. The Morgan fingerprint density at radius 3 is 2.25 bits per heavy atom. The van der Waals surface area contributed by atoms with Crippen molar-refractivity contribution in [3.8, 4) is 17.2 Å². The zero-order chi connectivity index (χ0) is 21.6. The molecule has 0 bridgehead atoms. The number of carbonyl (C=O) groups is 3. The van der Waals surface area contributed by atoms with Gasteiger partial charge in [-0.05, 0) is 20.8 Å². The van der Waals surface area contributed by atoms with Crippen LogP contribution in [0, 0.1) is 5.41 Å². The monoisotopic (exact) mass is 395 g/mol. The molecular weight excluding hydrogens is 370 g/mol. The zero-order valence-corrected chi connectivity index (χ0v) is 16.7. The minimum absolute atomic E-state index is 0.248. The van der Waals surface area contributed by atoms with Gasteiger partial charge in [0.2, 0.25) is 0 Å². The molecule has 0 fully saturated rings. The van der Waals surface area contributed by atoms with E-state index >= 15 is 0 Å². The number of carbonyl (C=O) groups excluding carboxylic acids is 2. The second-order valence-corrected chi connectivity index (χ2v) is 7.11. The summed E-state index contributed by atoms with van der Waals surface area (Å²) in [5.74, 6) is -4.46. The zero-order valence-electron chi connectivity index (χ0n) is 16.7. The van der Waals surface area contributed by atoms with E-state index < -0.39 is 45.8 Å². The summed E-state index contributed by atoms with van der Waals surface area (Å²) in [4.78, 5) is 38.3. The van der Waals surface area contributed by atoms with E-state index in [1.165, 1.54) is 13.3 Å².